The Bertz CT molecular complexity index is 412. The Morgan fingerprint density at radius 3 is 2.50 bits per heavy atom. The van der Waals surface area contributed by atoms with E-state index in [1.807, 2.05) is 0 Å². The lowest BCUT2D eigenvalue weighted by Crippen LogP contribution is -2.34. The average molecular weight is 253 g/mol. The van der Waals surface area contributed by atoms with Crippen molar-refractivity contribution in [2.24, 2.45) is 5.18 Å². The summed E-state index contributed by atoms with van der Waals surface area (Å²) in [6.07, 6.45) is -1.32. The van der Waals surface area contributed by atoms with E-state index < -0.39 is 12.3 Å². The van der Waals surface area contributed by atoms with Crippen LogP contribution in [-0.4, -0.2) is 32.3 Å². The highest BCUT2D eigenvalue weighted by atomic mass is 16.8. The Balaban J connectivity index is 1.83. The Kier molecular flexibility index (Phi) is 4.21. The predicted octanol–water partition coefficient (Wildman–Crippen LogP) is 1.97. The van der Waals surface area contributed by atoms with Crippen molar-refractivity contribution in [2.45, 2.75) is 6.10 Å². The summed E-state index contributed by atoms with van der Waals surface area (Å²) < 4.78 is 19.8. The van der Waals surface area contributed by atoms with Crippen LogP contribution in [0.25, 0.3) is 0 Å². The summed E-state index contributed by atoms with van der Waals surface area (Å²) >= 11 is 0. The standard InChI is InChI=1S/C11H11NO6/c13-11(18-10-5-15-7-16-6-10)17-9-3-1-8(12-14)2-4-9/h1-4,10H,5-7H2. The van der Waals surface area contributed by atoms with Crippen molar-refractivity contribution in [3.05, 3.63) is 29.2 Å². The van der Waals surface area contributed by atoms with Crippen LogP contribution in [0.4, 0.5) is 10.5 Å². The first-order valence-electron chi connectivity index (χ1n) is 5.25. The Labute approximate surface area is 103 Å². The van der Waals surface area contributed by atoms with Crippen LogP contribution in [0.5, 0.6) is 5.75 Å². The molecule has 0 amide bonds. The van der Waals surface area contributed by atoms with Gasteiger partial charge in [-0.05, 0) is 29.4 Å². The molecule has 0 N–H and O–H groups in total. The second-order valence-corrected chi connectivity index (χ2v) is 3.54. The lowest BCUT2D eigenvalue weighted by Gasteiger charge is -2.21. The molecule has 0 spiro atoms. The smallest absolute Gasteiger partial charge is 0.426 e. The number of carbonyl (C=O) groups is 1. The first-order chi connectivity index (χ1) is 8.78. The van der Waals surface area contributed by atoms with Gasteiger partial charge in [-0.25, -0.2) is 4.79 Å². The van der Waals surface area contributed by atoms with Gasteiger partial charge in [0.15, 0.2) is 6.10 Å². The molecule has 7 nitrogen and oxygen atoms in total. The van der Waals surface area contributed by atoms with Gasteiger partial charge in [-0.3, -0.25) is 0 Å². The molecule has 0 unspecified atom stereocenters. The fraction of sp³-hybridized carbons (Fsp3) is 0.364. The number of nitrogens with zero attached hydrogens (tertiary/aromatic N) is 1. The monoisotopic (exact) mass is 253 g/mol. The normalized spacial score (nSPS) is 16.0. The first-order valence-corrected chi connectivity index (χ1v) is 5.25. The number of rotatable bonds is 3. The molecule has 96 valence electrons. The van der Waals surface area contributed by atoms with Gasteiger partial charge in [0, 0.05) is 0 Å². The van der Waals surface area contributed by atoms with Crippen LogP contribution in [0.2, 0.25) is 0 Å². The molecule has 1 aliphatic rings. The third-order valence-corrected chi connectivity index (χ3v) is 2.18. The van der Waals surface area contributed by atoms with E-state index in [2.05, 4.69) is 5.18 Å². The predicted molar refractivity (Wildman–Crippen MR) is 59.6 cm³/mol. The third-order valence-electron chi connectivity index (χ3n) is 2.18. The lowest BCUT2D eigenvalue weighted by molar-refractivity contribution is -0.155. The van der Waals surface area contributed by atoms with Crippen LogP contribution in [0.1, 0.15) is 0 Å². The quantitative estimate of drug-likeness (QED) is 0.465. The van der Waals surface area contributed by atoms with Gasteiger partial charge in [-0.2, -0.15) is 0 Å². The van der Waals surface area contributed by atoms with E-state index in [-0.39, 0.29) is 31.4 Å². The number of hydrogen-bond acceptors (Lipinski definition) is 7. The fourth-order valence-corrected chi connectivity index (χ4v) is 1.37. The minimum Gasteiger partial charge on any atom is -0.426 e. The molecular formula is C11H11NO6. The average Bonchev–Trinajstić information content (AvgIpc) is 2.40. The summed E-state index contributed by atoms with van der Waals surface area (Å²) in [5.41, 5.74) is 0.254. The molecule has 1 aliphatic heterocycles. The van der Waals surface area contributed by atoms with Crippen molar-refractivity contribution in [3.63, 3.8) is 0 Å². The number of carbonyl (C=O) groups excluding carboxylic acids is 1. The maximum Gasteiger partial charge on any atom is 0.514 e. The SMILES string of the molecule is O=Nc1ccc(OC(=O)OC2COCOC2)cc1. The lowest BCUT2D eigenvalue weighted by atomic mass is 10.3. The molecule has 7 heteroatoms. The summed E-state index contributed by atoms with van der Waals surface area (Å²) in [5.74, 6) is 0.269. The summed E-state index contributed by atoms with van der Waals surface area (Å²) in [6.45, 7) is 0.765. The van der Waals surface area contributed by atoms with Gasteiger partial charge in [-0.1, -0.05) is 0 Å². The Morgan fingerprint density at radius 2 is 1.89 bits per heavy atom. The third kappa shape index (κ3) is 3.51. The van der Waals surface area contributed by atoms with Crippen LogP contribution in [0.15, 0.2) is 29.4 Å². The Hall–Kier alpha value is -1.99. The molecule has 0 saturated carbocycles. The molecule has 2 rings (SSSR count). The highest BCUT2D eigenvalue weighted by Crippen LogP contribution is 2.18. The van der Waals surface area contributed by atoms with Crippen LogP contribution >= 0.6 is 0 Å². The molecule has 1 saturated heterocycles. The number of nitroso groups, excluding NO2 is 1. The van der Waals surface area contributed by atoms with Crippen LogP contribution in [0.3, 0.4) is 0 Å². The van der Waals surface area contributed by atoms with Gasteiger partial charge in [-0.15, -0.1) is 4.91 Å². The van der Waals surface area contributed by atoms with E-state index in [4.69, 9.17) is 18.9 Å². The van der Waals surface area contributed by atoms with E-state index in [9.17, 15) is 9.70 Å². The van der Waals surface area contributed by atoms with Crippen LogP contribution < -0.4 is 4.74 Å². The van der Waals surface area contributed by atoms with Gasteiger partial charge in [0.2, 0.25) is 0 Å². The summed E-state index contributed by atoms with van der Waals surface area (Å²) in [6, 6.07) is 5.77. The van der Waals surface area contributed by atoms with Gasteiger partial charge >= 0.3 is 6.16 Å². The maximum atomic E-state index is 11.4. The molecule has 0 bridgehead atoms. The Morgan fingerprint density at radius 1 is 1.22 bits per heavy atom. The zero-order valence-electron chi connectivity index (χ0n) is 9.40. The fourth-order valence-electron chi connectivity index (χ4n) is 1.37. The topological polar surface area (TPSA) is 83.4 Å². The molecule has 0 atom stereocenters. The van der Waals surface area contributed by atoms with Gasteiger partial charge < -0.3 is 18.9 Å². The minimum absolute atomic E-state index is 0.203. The van der Waals surface area contributed by atoms with Gasteiger partial charge in [0.05, 0.1) is 13.2 Å². The van der Waals surface area contributed by atoms with E-state index >= 15 is 0 Å². The van der Waals surface area contributed by atoms with Gasteiger partial charge in [0.1, 0.15) is 18.2 Å². The van der Waals surface area contributed by atoms with Gasteiger partial charge in [0.25, 0.3) is 0 Å². The molecule has 1 aromatic carbocycles. The molecule has 0 radical (unpaired) electrons. The summed E-state index contributed by atoms with van der Waals surface area (Å²) in [5, 5.41) is 2.73. The van der Waals surface area contributed by atoms with Crippen molar-refractivity contribution in [3.8, 4) is 5.75 Å². The number of ether oxygens (including phenoxy) is 4. The molecule has 1 aromatic rings. The largest absolute Gasteiger partial charge is 0.514 e. The first kappa shape index (κ1) is 12.5. The number of benzene rings is 1. The minimum atomic E-state index is -0.846. The second-order valence-electron chi connectivity index (χ2n) is 3.54. The van der Waals surface area contributed by atoms with Crippen LogP contribution in [-0.2, 0) is 14.2 Å². The molecule has 0 aliphatic carbocycles. The van der Waals surface area contributed by atoms with E-state index in [1.165, 1.54) is 24.3 Å². The zero-order chi connectivity index (χ0) is 12.8. The molecule has 1 heterocycles. The molecular weight excluding hydrogens is 242 g/mol. The summed E-state index contributed by atoms with van der Waals surface area (Å²) in [7, 11) is 0. The number of hydrogen-bond donors (Lipinski definition) is 0. The van der Waals surface area contributed by atoms with E-state index in [0.29, 0.717) is 0 Å². The van der Waals surface area contributed by atoms with Crippen molar-refractivity contribution in [2.75, 3.05) is 20.0 Å². The van der Waals surface area contributed by atoms with Crippen molar-refractivity contribution >= 4 is 11.8 Å². The van der Waals surface area contributed by atoms with E-state index in [0.717, 1.165) is 0 Å². The van der Waals surface area contributed by atoms with E-state index in [1.54, 1.807) is 0 Å². The zero-order valence-corrected chi connectivity index (χ0v) is 9.40. The molecule has 18 heavy (non-hydrogen) atoms. The molecule has 0 aromatic heterocycles. The van der Waals surface area contributed by atoms with Crippen molar-refractivity contribution in [1.82, 2.24) is 0 Å². The highest BCUT2D eigenvalue weighted by Gasteiger charge is 2.20. The maximum absolute atomic E-state index is 11.4. The highest BCUT2D eigenvalue weighted by molar-refractivity contribution is 5.64. The molecule has 1 fully saturated rings. The van der Waals surface area contributed by atoms with Crippen LogP contribution in [0, 0.1) is 4.91 Å². The van der Waals surface area contributed by atoms with Crippen molar-refractivity contribution in [1.29, 1.82) is 0 Å². The van der Waals surface area contributed by atoms with Crippen molar-refractivity contribution < 1.29 is 23.7 Å². The second kappa shape index (κ2) is 6.08. The summed E-state index contributed by atoms with van der Waals surface area (Å²) in [4.78, 5) is 21.6.